The van der Waals surface area contributed by atoms with E-state index in [1.54, 1.807) is 0 Å². The van der Waals surface area contributed by atoms with Gasteiger partial charge in [0, 0.05) is 13.0 Å². The van der Waals surface area contributed by atoms with E-state index in [0.29, 0.717) is 5.92 Å². The van der Waals surface area contributed by atoms with E-state index in [-0.39, 0.29) is 0 Å². The zero-order chi connectivity index (χ0) is 13.0. The van der Waals surface area contributed by atoms with Gasteiger partial charge in [0.2, 0.25) is 5.89 Å². The molecule has 1 aromatic heterocycles. The van der Waals surface area contributed by atoms with Crippen molar-refractivity contribution in [3.8, 4) is 0 Å². The first-order valence-corrected chi connectivity index (χ1v) is 6.96. The van der Waals surface area contributed by atoms with Crippen LogP contribution >= 0.6 is 0 Å². The molecule has 0 radical (unpaired) electrons. The third-order valence-electron chi connectivity index (χ3n) is 3.84. The van der Waals surface area contributed by atoms with Crippen LogP contribution in [0.1, 0.15) is 38.4 Å². The molecule has 1 fully saturated rings. The summed E-state index contributed by atoms with van der Waals surface area (Å²) < 4.78 is 5.28. The largest absolute Gasteiger partial charge is 0.338 e. The van der Waals surface area contributed by atoms with Gasteiger partial charge in [0.25, 0.3) is 0 Å². The highest BCUT2D eigenvalue weighted by Crippen LogP contribution is 2.23. The fourth-order valence-corrected chi connectivity index (χ4v) is 2.55. The van der Waals surface area contributed by atoms with E-state index in [4.69, 9.17) is 10.3 Å². The van der Waals surface area contributed by atoms with Crippen LogP contribution in [-0.4, -0.2) is 34.7 Å². The van der Waals surface area contributed by atoms with Gasteiger partial charge >= 0.3 is 0 Å². The lowest BCUT2D eigenvalue weighted by molar-refractivity contribution is 0.114. The highest BCUT2D eigenvalue weighted by molar-refractivity contribution is 4.88. The number of aromatic nitrogens is 2. The molecule has 0 saturated carbocycles. The lowest BCUT2D eigenvalue weighted by Gasteiger charge is -2.35. The Labute approximate surface area is 109 Å². The number of piperidine rings is 1. The number of aryl methyl sites for hydroxylation is 1. The third-order valence-corrected chi connectivity index (χ3v) is 3.84. The SMILES string of the molecule is CCCc1noc(CN2CCC(C)C(CN)C2)n1. The lowest BCUT2D eigenvalue weighted by Crippen LogP contribution is -2.42. The molecule has 5 heteroatoms. The van der Waals surface area contributed by atoms with Crippen LogP contribution in [0.4, 0.5) is 0 Å². The zero-order valence-corrected chi connectivity index (χ0v) is 11.4. The maximum atomic E-state index is 5.81. The van der Waals surface area contributed by atoms with Gasteiger partial charge in [-0.1, -0.05) is 19.0 Å². The highest BCUT2D eigenvalue weighted by Gasteiger charge is 2.26. The van der Waals surface area contributed by atoms with Crippen LogP contribution in [-0.2, 0) is 13.0 Å². The average Bonchev–Trinajstić information content (AvgIpc) is 2.80. The number of hydrogen-bond acceptors (Lipinski definition) is 5. The summed E-state index contributed by atoms with van der Waals surface area (Å²) in [7, 11) is 0. The Morgan fingerprint density at radius 3 is 3.06 bits per heavy atom. The molecule has 2 heterocycles. The normalized spacial score (nSPS) is 25.5. The standard InChI is InChI=1S/C13H24N4O/c1-3-4-12-15-13(18-16-12)9-17-6-5-10(2)11(7-14)8-17/h10-11H,3-9,14H2,1-2H3. The Hall–Kier alpha value is -0.940. The van der Waals surface area contributed by atoms with Gasteiger partial charge in [-0.3, -0.25) is 4.90 Å². The van der Waals surface area contributed by atoms with Crippen molar-refractivity contribution in [2.75, 3.05) is 19.6 Å². The van der Waals surface area contributed by atoms with E-state index >= 15 is 0 Å². The predicted octanol–water partition coefficient (Wildman–Crippen LogP) is 1.44. The molecule has 1 aromatic rings. The van der Waals surface area contributed by atoms with Crippen molar-refractivity contribution in [2.45, 2.75) is 39.7 Å². The second-order valence-electron chi connectivity index (χ2n) is 5.35. The summed E-state index contributed by atoms with van der Waals surface area (Å²) in [5.74, 6) is 2.89. The first kappa shape index (κ1) is 13.5. The molecule has 2 N–H and O–H groups in total. The molecule has 1 saturated heterocycles. The minimum absolute atomic E-state index is 0.594. The average molecular weight is 252 g/mol. The van der Waals surface area contributed by atoms with Gasteiger partial charge in [-0.25, -0.2) is 0 Å². The van der Waals surface area contributed by atoms with Crippen molar-refractivity contribution in [2.24, 2.45) is 17.6 Å². The quantitative estimate of drug-likeness (QED) is 0.858. The van der Waals surface area contributed by atoms with Crippen molar-refractivity contribution in [1.82, 2.24) is 15.0 Å². The maximum Gasteiger partial charge on any atom is 0.240 e. The van der Waals surface area contributed by atoms with Crippen LogP contribution in [0.5, 0.6) is 0 Å². The van der Waals surface area contributed by atoms with E-state index in [0.717, 1.165) is 56.7 Å². The number of nitrogens with zero attached hydrogens (tertiary/aromatic N) is 3. The molecule has 2 atom stereocenters. The Kier molecular flexibility index (Phi) is 4.72. The molecule has 5 nitrogen and oxygen atoms in total. The summed E-state index contributed by atoms with van der Waals surface area (Å²) in [5, 5.41) is 3.99. The summed E-state index contributed by atoms with van der Waals surface area (Å²) in [6.07, 6.45) is 3.15. The first-order chi connectivity index (χ1) is 8.72. The van der Waals surface area contributed by atoms with Crippen LogP contribution in [0, 0.1) is 11.8 Å². The fraction of sp³-hybridized carbons (Fsp3) is 0.846. The monoisotopic (exact) mass is 252 g/mol. The van der Waals surface area contributed by atoms with E-state index in [1.807, 2.05) is 0 Å². The number of likely N-dealkylation sites (tertiary alicyclic amines) is 1. The van der Waals surface area contributed by atoms with E-state index in [9.17, 15) is 0 Å². The van der Waals surface area contributed by atoms with Gasteiger partial charge in [0.1, 0.15) is 0 Å². The van der Waals surface area contributed by atoms with Crippen molar-refractivity contribution in [3.05, 3.63) is 11.7 Å². The first-order valence-electron chi connectivity index (χ1n) is 6.96. The topological polar surface area (TPSA) is 68.2 Å². The molecule has 2 rings (SSSR count). The minimum Gasteiger partial charge on any atom is -0.338 e. The molecular weight excluding hydrogens is 228 g/mol. The molecule has 1 aliphatic rings. The van der Waals surface area contributed by atoms with Crippen molar-refractivity contribution in [1.29, 1.82) is 0 Å². The maximum absolute atomic E-state index is 5.81. The van der Waals surface area contributed by atoms with Crippen molar-refractivity contribution < 1.29 is 4.52 Å². The van der Waals surface area contributed by atoms with E-state index in [2.05, 4.69) is 28.9 Å². The third kappa shape index (κ3) is 3.29. The number of rotatable bonds is 5. The molecule has 1 aliphatic heterocycles. The van der Waals surface area contributed by atoms with Crippen molar-refractivity contribution in [3.63, 3.8) is 0 Å². The molecule has 102 valence electrons. The number of nitrogens with two attached hydrogens (primary N) is 1. The van der Waals surface area contributed by atoms with Crippen LogP contribution in [0.3, 0.4) is 0 Å². The Morgan fingerprint density at radius 2 is 2.33 bits per heavy atom. The van der Waals surface area contributed by atoms with Gasteiger partial charge in [-0.2, -0.15) is 4.98 Å². The van der Waals surface area contributed by atoms with Crippen LogP contribution in [0.15, 0.2) is 4.52 Å². The summed E-state index contributed by atoms with van der Waals surface area (Å²) in [4.78, 5) is 6.79. The van der Waals surface area contributed by atoms with E-state index in [1.165, 1.54) is 6.42 Å². The zero-order valence-electron chi connectivity index (χ0n) is 11.4. The molecular formula is C13H24N4O. The van der Waals surface area contributed by atoms with Gasteiger partial charge in [0.05, 0.1) is 6.54 Å². The highest BCUT2D eigenvalue weighted by atomic mass is 16.5. The van der Waals surface area contributed by atoms with E-state index < -0.39 is 0 Å². The van der Waals surface area contributed by atoms with Crippen LogP contribution in [0.25, 0.3) is 0 Å². The molecule has 0 aromatic carbocycles. The van der Waals surface area contributed by atoms with Crippen LogP contribution < -0.4 is 5.73 Å². The second-order valence-corrected chi connectivity index (χ2v) is 5.35. The Bertz CT molecular complexity index is 366. The molecule has 0 amide bonds. The summed E-state index contributed by atoms with van der Waals surface area (Å²) in [5.41, 5.74) is 5.81. The van der Waals surface area contributed by atoms with Gasteiger partial charge < -0.3 is 10.3 Å². The second kappa shape index (κ2) is 6.29. The Morgan fingerprint density at radius 1 is 1.50 bits per heavy atom. The van der Waals surface area contributed by atoms with Gasteiger partial charge in [-0.15, -0.1) is 0 Å². The van der Waals surface area contributed by atoms with Gasteiger partial charge in [0.15, 0.2) is 5.82 Å². The fourth-order valence-electron chi connectivity index (χ4n) is 2.55. The number of hydrogen-bond donors (Lipinski definition) is 1. The molecule has 0 bridgehead atoms. The molecule has 0 aliphatic carbocycles. The molecule has 0 spiro atoms. The summed E-state index contributed by atoms with van der Waals surface area (Å²) in [6, 6.07) is 0. The van der Waals surface area contributed by atoms with Crippen molar-refractivity contribution >= 4 is 0 Å². The predicted molar refractivity (Wildman–Crippen MR) is 69.9 cm³/mol. The summed E-state index contributed by atoms with van der Waals surface area (Å²) >= 11 is 0. The minimum atomic E-state index is 0.594. The molecule has 18 heavy (non-hydrogen) atoms. The lowest BCUT2D eigenvalue weighted by atomic mass is 9.87. The van der Waals surface area contributed by atoms with Crippen LogP contribution in [0.2, 0.25) is 0 Å². The molecule has 2 unspecified atom stereocenters. The smallest absolute Gasteiger partial charge is 0.240 e. The summed E-state index contributed by atoms with van der Waals surface area (Å²) in [6.45, 7) is 8.09. The van der Waals surface area contributed by atoms with Gasteiger partial charge in [-0.05, 0) is 37.8 Å². The Balaban J connectivity index is 1.88.